The summed E-state index contributed by atoms with van der Waals surface area (Å²) in [6.45, 7) is 0. The second-order valence-corrected chi connectivity index (χ2v) is 15.2. The molecule has 3 heteroatoms. The van der Waals surface area contributed by atoms with E-state index in [1.54, 1.807) is 0 Å². The highest BCUT2D eigenvalue weighted by Gasteiger charge is 2.21. The number of rotatable bonds is 6. The van der Waals surface area contributed by atoms with Gasteiger partial charge in [-0.1, -0.05) is 158 Å². The van der Waals surface area contributed by atoms with Gasteiger partial charge < -0.3 is 13.7 Å². The summed E-state index contributed by atoms with van der Waals surface area (Å²) in [5.74, 6) is 0. The van der Waals surface area contributed by atoms with E-state index in [1.807, 2.05) is 12.1 Å². The van der Waals surface area contributed by atoms with Crippen LogP contribution in [-0.4, -0.2) is 0 Å². The lowest BCUT2D eigenvalue weighted by Gasteiger charge is -2.28. The van der Waals surface area contributed by atoms with Gasteiger partial charge >= 0.3 is 0 Å². The summed E-state index contributed by atoms with van der Waals surface area (Å²) in [6, 6.07) is 75.7. The van der Waals surface area contributed by atoms with Crippen LogP contribution in [0.25, 0.3) is 98.8 Å². The van der Waals surface area contributed by atoms with Crippen LogP contribution < -0.4 is 4.90 Å². The van der Waals surface area contributed by atoms with Crippen molar-refractivity contribution in [3.8, 4) is 33.4 Å². The molecule has 59 heavy (non-hydrogen) atoms. The predicted molar refractivity (Wildman–Crippen MR) is 247 cm³/mol. The molecule has 0 aliphatic heterocycles. The van der Waals surface area contributed by atoms with Crippen molar-refractivity contribution in [2.45, 2.75) is 0 Å². The van der Waals surface area contributed by atoms with Crippen LogP contribution in [0, 0.1) is 0 Å². The van der Waals surface area contributed by atoms with Crippen molar-refractivity contribution in [3.05, 3.63) is 212 Å². The molecule has 0 unspecified atom stereocenters. The lowest BCUT2D eigenvalue weighted by atomic mass is 9.96. The molecule has 3 nitrogen and oxygen atoms in total. The van der Waals surface area contributed by atoms with Gasteiger partial charge in [0.05, 0.1) is 5.69 Å². The van der Waals surface area contributed by atoms with Crippen molar-refractivity contribution in [2.24, 2.45) is 0 Å². The Balaban J connectivity index is 1.03. The minimum Gasteiger partial charge on any atom is -0.456 e. The van der Waals surface area contributed by atoms with Crippen LogP contribution >= 0.6 is 0 Å². The first-order valence-corrected chi connectivity index (χ1v) is 20.1. The number of hydrogen-bond donors (Lipinski definition) is 0. The molecule has 12 aromatic rings. The lowest BCUT2D eigenvalue weighted by Crippen LogP contribution is -2.11. The molecule has 2 aromatic heterocycles. The number of benzene rings is 10. The van der Waals surface area contributed by atoms with Gasteiger partial charge in [-0.25, -0.2) is 0 Å². The molecule has 0 N–H and O–H groups in total. The van der Waals surface area contributed by atoms with Crippen LogP contribution in [0.5, 0.6) is 0 Å². The molecule has 10 aromatic carbocycles. The fraction of sp³-hybridized carbons (Fsp3) is 0. The van der Waals surface area contributed by atoms with E-state index in [0.717, 1.165) is 83.2 Å². The molecule has 2 heterocycles. The largest absolute Gasteiger partial charge is 0.456 e. The third-order valence-electron chi connectivity index (χ3n) is 11.9. The maximum atomic E-state index is 6.79. The molecule has 0 aliphatic carbocycles. The van der Waals surface area contributed by atoms with Gasteiger partial charge in [0, 0.05) is 44.0 Å². The van der Waals surface area contributed by atoms with Crippen LogP contribution in [-0.2, 0) is 0 Å². The van der Waals surface area contributed by atoms with E-state index in [2.05, 4.69) is 205 Å². The quantitative estimate of drug-likeness (QED) is 0.169. The minimum absolute atomic E-state index is 0.882. The summed E-state index contributed by atoms with van der Waals surface area (Å²) in [6.07, 6.45) is 0. The molecular formula is C56H35NO2. The zero-order valence-electron chi connectivity index (χ0n) is 32.0. The first-order chi connectivity index (χ1) is 29.2. The average Bonchev–Trinajstić information content (AvgIpc) is 3.87. The predicted octanol–water partition coefficient (Wildman–Crippen LogP) is 16.3. The second kappa shape index (κ2) is 13.4. The van der Waals surface area contributed by atoms with Crippen LogP contribution in [0.3, 0.4) is 0 Å². The molecule has 0 amide bonds. The number of furan rings is 2. The standard InChI is InChI=1S/C56H35NO2/c1-2-14-40-35-54-50(34-39(40)13-1)48-22-10-21-47(56(48)59-54)46-17-5-7-23-51(46)57(41-30-26-37(27-31-41)44-19-9-15-36-12-3-4-16-43(36)44)42-32-28-38(29-33-42)45-20-11-25-53-55(45)49-18-6-8-24-52(49)58-53/h1-35H. The maximum absolute atomic E-state index is 6.79. The van der Waals surface area contributed by atoms with E-state index in [1.165, 1.54) is 32.7 Å². The van der Waals surface area contributed by atoms with Crippen molar-refractivity contribution in [2.75, 3.05) is 4.90 Å². The Bertz CT molecular complexity index is 3550. The van der Waals surface area contributed by atoms with Gasteiger partial charge in [0.15, 0.2) is 0 Å². The van der Waals surface area contributed by atoms with E-state index < -0.39 is 0 Å². The van der Waals surface area contributed by atoms with Crippen molar-refractivity contribution in [1.29, 1.82) is 0 Å². The molecule has 0 radical (unpaired) electrons. The number of fused-ring (bicyclic) bond motifs is 8. The fourth-order valence-electron chi connectivity index (χ4n) is 9.09. The monoisotopic (exact) mass is 753 g/mol. The van der Waals surface area contributed by atoms with Crippen LogP contribution in [0.2, 0.25) is 0 Å². The molecular weight excluding hydrogens is 719 g/mol. The van der Waals surface area contributed by atoms with Gasteiger partial charge in [0.25, 0.3) is 0 Å². The third-order valence-corrected chi connectivity index (χ3v) is 11.9. The summed E-state index contributed by atoms with van der Waals surface area (Å²) in [5, 5.41) is 9.33. The van der Waals surface area contributed by atoms with Crippen LogP contribution in [0.15, 0.2) is 221 Å². The van der Waals surface area contributed by atoms with E-state index >= 15 is 0 Å². The Kier molecular flexibility index (Phi) is 7.54. The Morgan fingerprint density at radius 1 is 0.305 bits per heavy atom. The molecule has 0 spiro atoms. The third kappa shape index (κ3) is 5.44. The molecule has 0 fully saturated rings. The summed E-state index contributed by atoms with van der Waals surface area (Å²) in [5.41, 5.74) is 13.5. The Morgan fingerprint density at radius 3 is 1.66 bits per heavy atom. The lowest BCUT2D eigenvalue weighted by molar-refractivity contribution is 0.669. The highest BCUT2D eigenvalue weighted by Crippen LogP contribution is 2.46. The number of nitrogens with zero attached hydrogens (tertiary/aromatic N) is 1. The van der Waals surface area contributed by atoms with E-state index in [0.29, 0.717) is 0 Å². The molecule has 0 atom stereocenters. The van der Waals surface area contributed by atoms with Gasteiger partial charge in [-0.3, -0.25) is 0 Å². The van der Waals surface area contributed by atoms with Crippen LogP contribution in [0.4, 0.5) is 17.1 Å². The first-order valence-electron chi connectivity index (χ1n) is 20.1. The highest BCUT2D eigenvalue weighted by atomic mass is 16.3. The summed E-state index contributed by atoms with van der Waals surface area (Å²) < 4.78 is 13.1. The Hall–Kier alpha value is -7.88. The smallest absolute Gasteiger partial charge is 0.143 e. The SMILES string of the molecule is c1ccc(N(c2ccc(-c3cccc4ccccc34)cc2)c2ccc(-c3cccc4oc5ccccc5c34)cc2)c(-c2cccc3c2oc2cc4ccccc4cc23)c1. The number of hydrogen-bond acceptors (Lipinski definition) is 3. The van der Waals surface area contributed by atoms with Crippen molar-refractivity contribution >= 4 is 82.5 Å². The van der Waals surface area contributed by atoms with Gasteiger partial charge in [-0.15, -0.1) is 0 Å². The van der Waals surface area contributed by atoms with E-state index in [-0.39, 0.29) is 0 Å². The van der Waals surface area contributed by atoms with Crippen molar-refractivity contribution in [1.82, 2.24) is 0 Å². The molecule has 12 rings (SSSR count). The van der Waals surface area contributed by atoms with E-state index in [9.17, 15) is 0 Å². The van der Waals surface area contributed by atoms with Gasteiger partial charge in [0.1, 0.15) is 22.3 Å². The molecule has 276 valence electrons. The zero-order chi connectivity index (χ0) is 38.9. The molecule has 0 saturated carbocycles. The molecule has 0 aliphatic rings. The van der Waals surface area contributed by atoms with Gasteiger partial charge in [-0.2, -0.15) is 0 Å². The highest BCUT2D eigenvalue weighted by molar-refractivity contribution is 6.15. The van der Waals surface area contributed by atoms with Crippen molar-refractivity contribution < 1.29 is 8.83 Å². The Labute approximate surface area is 340 Å². The fourth-order valence-corrected chi connectivity index (χ4v) is 9.09. The minimum atomic E-state index is 0.882. The van der Waals surface area contributed by atoms with E-state index in [4.69, 9.17) is 8.83 Å². The number of para-hydroxylation sites is 3. The van der Waals surface area contributed by atoms with Crippen LogP contribution in [0.1, 0.15) is 0 Å². The molecule has 0 bridgehead atoms. The topological polar surface area (TPSA) is 29.5 Å². The van der Waals surface area contributed by atoms with Gasteiger partial charge in [-0.05, 0) is 98.4 Å². The van der Waals surface area contributed by atoms with Crippen molar-refractivity contribution in [3.63, 3.8) is 0 Å². The van der Waals surface area contributed by atoms with Gasteiger partial charge in [0.2, 0.25) is 0 Å². The summed E-state index contributed by atoms with van der Waals surface area (Å²) in [7, 11) is 0. The summed E-state index contributed by atoms with van der Waals surface area (Å²) in [4.78, 5) is 2.37. The first kappa shape index (κ1) is 33.3. The maximum Gasteiger partial charge on any atom is 0.143 e. The Morgan fingerprint density at radius 2 is 0.847 bits per heavy atom. The second-order valence-electron chi connectivity index (χ2n) is 15.2. The normalized spacial score (nSPS) is 11.7. The number of anilines is 3. The molecule has 0 saturated heterocycles. The average molecular weight is 754 g/mol. The summed E-state index contributed by atoms with van der Waals surface area (Å²) >= 11 is 0. The zero-order valence-corrected chi connectivity index (χ0v) is 32.0.